The number of carbonyl (C=O) groups is 1. The zero-order valence-electron chi connectivity index (χ0n) is 10.6. The summed E-state index contributed by atoms with van der Waals surface area (Å²) in [6.07, 6.45) is 0. The number of anilines is 1. The van der Waals surface area contributed by atoms with Gasteiger partial charge in [0.1, 0.15) is 10.7 Å². The highest BCUT2D eigenvalue weighted by molar-refractivity contribution is 7.09. The third-order valence-electron chi connectivity index (χ3n) is 2.62. The first-order chi connectivity index (χ1) is 9.51. The van der Waals surface area contributed by atoms with Crippen LogP contribution in [0.4, 0.5) is 11.4 Å². The lowest BCUT2D eigenvalue weighted by atomic mass is 10.2. The number of carbonyl (C=O) groups excluding carboxylic acids is 1. The molecule has 7 nitrogen and oxygen atoms in total. The number of thiazole rings is 1. The van der Waals surface area contributed by atoms with Gasteiger partial charge in [-0.25, -0.2) is 4.98 Å². The Morgan fingerprint density at radius 3 is 2.90 bits per heavy atom. The number of nitrogens with zero attached hydrogens (tertiary/aromatic N) is 2. The Labute approximate surface area is 118 Å². The number of aryl methyl sites for hydroxylation is 1. The number of hydrogen-bond donors (Lipinski definition) is 2. The van der Waals surface area contributed by atoms with Crippen LogP contribution in [0.25, 0.3) is 0 Å². The fourth-order valence-corrected chi connectivity index (χ4v) is 2.24. The monoisotopic (exact) mass is 292 g/mol. The van der Waals surface area contributed by atoms with Crippen molar-refractivity contribution in [3.05, 3.63) is 50.0 Å². The standard InChI is InChI=1S/C12H12N4O3S/c1-7-2-3-8(4-10(7)16(18)19)14-12(17)9-6-20-11(5-13)15-9/h2-4,6H,5,13H2,1H3,(H,14,17). The first-order valence-electron chi connectivity index (χ1n) is 5.72. The van der Waals surface area contributed by atoms with Gasteiger partial charge in [0, 0.05) is 29.2 Å². The number of nitrogens with one attached hydrogen (secondary N) is 1. The fourth-order valence-electron chi connectivity index (χ4n) is 1.59. The highest BCUT2D eigenvalue weighted by atomic mass is 32.1. The summed E-state index contributed by atoms with van der Waals surface area (Å²) in [5, 5.41) is 15.7. The normalized spacial score (nSPS) is 10.3. The maximum absolute atomic E-state index is 11.9. The minimum atomic E-state index is -0.486. The van der Waals surface area contributed by atoms with E-state index < -0.39 is 10.8 Å². The molecule has 0 aliphatic carbocycles. The third kappa shape index (κ3) is 2.98. The van der Waals surface area contributed by atoms with Gasteiger partial charge in [0.25, 0.3) is 11.6 Å². The summed E-state index contributed by atoms with van der Waals surface area (Å²) in [7, 11) is 0. The maximum atomic E-state index is 11.9. The van der Waals surface area contributed by atoms with Crippen molar-refractivity contribution in [1.29, 1.82) is 0 Å². The number of amides is 1. The molecule has 3 N–H and O–H groups in total. The lowest BCUT2D eigenvalue weighted by molar-refractivity contribution is -0.385. The molecular weight excluding hydrogens is 280 g/mol. The smallest absolute Gasteiger partial charge is 0.275 e. The molecule has 0 bridgehead atoms. The van der Waals surface area contributed by atoms with Gasteiger partial charge >= 0.3 is 0 Å². The van der Waals surface area contributed by atoms with Gasteiger partial charge in [0.15, 0.2) is 0 Å². The Morgan fingerprint density at radius 1 is 1.55 bits per heavy atom. The van der Waals surface area contributed by atoms with E-state index in [-0.39, 0.29) is 17.9 Å². The molecule has 1 amide bonds. The van der Waals surface area contributed by atoms with Crippen molar-refractivity contribution in [2.24, 2.45) is 5.73 Å². The van der Waals surface area contributed by atoms with E-state index in [9.17, 15) is 14.9 Å². The molecule has 8 heteroatoms. The number of nitrogens with two attached hydrogens (primary N) is 1. The van der Waals surface area contributed by atoms with E-state index in [0.29, 0.717) is 16.3 Å². The fraction of sp³-hybridized carbons (Fsp3) is 0.167. The van der Waals surface area contributed by atoms with Gasteiger partial charge in [0.2, 0.25) is 0 Å². The summed E-state index contributed by atoms with van der Waals surface area (Å²) in [6.45, 7) is 1.91. The van der Waals surface area contributed by atoms with Gasteiger partial charge in [-0.15, -0.1) is 11.3 Å². The topological polar surface area (TPSA) is 111 Å². The number of nitro groups is 1. The van der Waals surface area contributed by atoms with Gasteiger partial charge in [-0.2, -0.15) is 0 Å². The Balaban J connectivity index is 2.19. The Morgan fingerprint density at radius 2 is 2.30 bits per heavy atom. The van der Waals surface area contributed by atoms with E-state index in [1.54, 1.807) is 24.4 Å². The van der Waals surface area contributed by atoms with Crippen molar-refractivity contribution in [2.75, 3.05) is 5.32 Å². The Hall–Kier alpha value is -2.32. The molecule has 2 aromatic rings. The van der Waals surface area contributed by atoms with E-state index in [1.807, 2.05) is 0 Å². The maximum Gasteiger partial charge on any atom is 0.275 e. The summed E-state index contributed by atoms with van der Waals surface area (Å²) >= 11 is 1.29. The summed E-state index contributed by atoms with van der Waals surface area (Å²) in [4.78, 5) is 26.3. The third-order valence-corrected chi connectivity index (χ3v) is 3.49. The Bertz CT molecular complexity index is 668. The lowest BCUT2D eigenvalue weighted by Gasteiger charge is -2.04. The van der Waals surface area contributed by atoms with Crippen LogP contribution in [0, 0.1) is 17.0 Å². The van der Waals surface area contributed by atoms with E-state index in [0.717, 1.165) is 0 Å². The molecule has 1 aromatic carbocycles. The largest absolute Gasteiger partial charge is 0.325 e. The first-order valence-corrected chi connectivity index (χ1v) is 6.60. The van der Waals surface area contributed by atoms with Crippen LogP contribution in [0.15, 0.2) is 23.6 Å². The van der Waals surface area contributed by atoms with Crippen LogP contribution < -0.4 is 11.1 Å². The minimum absolute atomic E-state index is 0.0382. The van der Waals surface area contributed by atoms with Gasteiger partial charge in [-0.3, -0.25) is 14.9 Å². The predicted octanol–water partition coefficient (Wildman–Crippen LogP) is 2.07. The zero-order valence-corrected chi connectivity index (χ0v) is 11.4. The molecule has 2 rings (SSSR count). The zero-order chi connectivity index (χ0) is 14.7. The highest BCUT2D eigenvalue weighted by Gasteiger charge is 2.14. The van der Waals surface area contributed by atoms with Crippen molar-refractivity contribution >= 4 is 28.6 Å². The second kappa shape index (κ2) is 5.76. The average Bonchev–Trinajstić information content (AvgIpc) is 2.89. The second-order valence-electron chi connectivity index (χ2n) is 4.04. The molecule has 1 heterocycles. The molecule has 0 aliphatic heterocycles. The summed E-state index contributed by atoms with van der Waals surface area (Å²) in [5.74, 6) is -0.417. The molecule has 0 radical (unpaired) electrons. The Kier molecular flexibility index (Phi) is 4.06. The second-order valence-corrected chi connectivity index (χ2v) is 4.99. The lowest BCUT2D eigenvalue weighted by Crippen LogP contribution is -2.13. The first kappa shape index (κ1) is 14.1. The van der Waals surface area contributed by atoms with Gasteiger partial charge in [-0.1, -0.05) is 6.07 Å². The molecule has 0 atom stereocenters. The van der Waals surface area contributed by atoms with Crippen LogP contribution in [0.2, 0.25) is 0 Å². The number of hydrogen-bond acceptors (Lipinski definition) is 6. The van der Waals surface area contributed by atoms with Gasteiger partial charge < -0.3 is 11.1 Å². The van der Waals surface area contributed by atoms with Gasteiger partial charge in [0.05, 0.1) is 4.92 Å². The predicted molar refractivity (Wildman–Crippen MR) is 75.8 cm³/mol. The molecule has 0 unspecified atom stereocenters. The van der Waals surface area contributed by atoms with Crippen LogP contribution in [-0.2, 0) is 6.54 Å². The quantitative estimate of drug-likeness (QED) is 0.662. The van der Waals surface area contributed by atoms with Crippen LogP contribution in [0.1, 0.15) is 21.1 Å². The SMILES string of the molecule is Cc1ccc(NC(=O)c2csc(CN)n2)cc1[N+](=O)[O-]. The summed E-state index contributed by atoms with van der Waals surface area (Å²) < 4.78 is 0. The highest BCUT2D eigenvalue weighted by Crippen LogP contribution is 2.22. The number of nitro benzene ring substituents is 1. The minimum Gasteiger partial charge on any atom is -0.325 e. The van der Waals surface area contributed by atoms with Crippen molar-refractivity contribution in [2.45, 2.75) is 13.5 Å². The van der Waals surface area contributed by atoms with E-state index in [1.165, 1.54) is 17.4 Å². The number of rotatable bonds is 4. The molecule has 1 aromatic heterocycles. The molecule has 0 spiro atoms. The van der Waals surface area contributed by atoms with E-state index in [2.05, 4.69) is 10.3 Å². The summed E-state index contributed by atoms with van der Waals surface area (Å²) in [6, 6.07) is 4.51. The van der Waals surface area contributed by atoms with Crippen LogP contribution >= 0.6 is 11.3 Å². The van der Waals surface area contributed by atoms with Crippen molar-refractivity contribution in [3.8, 4) is 0 Å². The molecule has 0 fully saturated rings. The van der Waals surface area contributed by atoms with E-state index >= 15 is 0 Å². The average molecular weight is 292 g/mol. The molecule has 0 aliphatic rings. The van der Waals surface area contributed by atoms with Crippen molar-refractivity contribution in [1.82, 2.24) is 4.98 Å². The van der Waals surface area contributed by atoms with Gasteiger partial charge in [-0.05, 0) is 13.0 Å². The number of aromatic nitrogens is 1. The van der Waals surface area contributed by atoms with Crippen LogP contribution in [-0.4, -0.2) is 15.8 Å². The molecular formula is C12H12N4O3S. The van der Waals surface area contributed by atoms with Crippen molar-refractivity contribution < 1.29 is 9.72 Å². The van der Waals surface area contributed by atoms with Crippen LogP contribution in [0.3, 0.4) is 0 Å². The molecule has 0 saturated heterocycles. The van der Waals surface area contributed by atoms with Crippen LogP contribution in [0.5, 0.6) is 0 Å². The summed E-state index contributed by atoms with van der Waals surface area (Å²) in [5.41, 5.74) is 6.53. The van der Waals surface area contributed by atoms with E-state index in [4.69, 9.17) is 5.73 Å². The number of benzene rings is 1. The molecule has 20 heavy (non-hydrogen) atoms. The van der Waals surface area contributed by atoms with Crippen molar-refractivity contribution in [3.63, 3.8) is 0 Å². The molecule has 104 valence electrons. The molecule has 0 saturated carbocycles.